The summed E-state index contributed by atoms with van der Waals surface area (Å²) >= 11 is 0. The second kappa shape index (κ2) is 8.09. The van der Waals surface area contributed by atoms with Crippen LogP contribution in [0.4, 0.5) is 5.69 Å². The molecule has 1 unspecified atom stereocenters. The fourth-order valence-corrected chi connectivity index (χ4v) is 3.75. The summed E-state index contributed by atoms with van der Waals surface area (Å²) in [6.45, 7) is 2.04. The van der Waals surface area contributed by atoms with Crippen molar-refractivity contribution in [3.63, 3.8) is 0 Å². The Labute approximate surface area is 160 Å². The number of carbonyl (C=O) groups is 1. The average Bonchev–Trinajstić information content (AvgIpc) is 2.67. The molecule has 3 aromatic carbocycles. The quantitative estimate of drug-likeness (QED) is 0.567. The number of fused-ring (bicyclic) bond motifs is 1. The molecule has 138 valence electrons. The van der Waals surface area contributed by atoms with E-state index in [0.717, 1.165) is 27.6 Å². The zero-order valence-electron chi connectivity index (χ0n) is 15.8. The van der Waals surface area contributed by atoms with E-state index in [2.05, 4.69) is 35.7 Å². The summed E-state index contributed by atoms with van der Waals surface area (Å²) < 4.78 is 0. The molecule has 27 heavy (non-hydrogen) atoms. The molecule has 3 aromatic rings. The molecular formula is C24H25NO2. The Bertz CT molecular complexity index is 963. The second-order valence-electron chi connectivity index (χ2n) is 7.11. The van der Waals surface area contributed by atoms with Crippen LogP contribution in [0.5, 0.6) is 0 Å². The minimum atomic E-state index is -0.791. The van der Waals surface area contributed by atoms with Gasteiger partial charge in [-0.05, 0) is 34.4 Å². The summed E-state index contributed by atoms with van der Waals surface area (Å²) in [5.74, 6) is -0.791. The fourth-order valence-electron chi connectivity index (χ4n) is 3.75. The normalized spacial score (nSPS) is 13.6. The summed E-state index contributed by atoms with van der Waals surface area (Å²) in [6, 6.07) is 22.3. The summed E-state index contributed by atoms with van der Waals surface area (Å²) in [6.07, 6.45) is 4.84. The van der Waals surface area contributed by atoms with Gasteiger partial charge >= 0.3 is 5.97 Å². The molecule has 0 aromatic heterocycles. The Balaban J connectivity index is 2.07. The van der Waals surface area contributed by atoms with E-state index in [1.54, 1.807) is 0 Å². The summed E-state index contributed by atoms with van der Waals surface area (Å²) in [4.78, 5) is 11.7. The molecule has 3 heteroatoms. The molecule has 0 spiro atoms. The lowest BCUT2D eigenvalue weighted by Crippen LogP contribution is -2.26. The number of aliphatic carboxylic acids is 1. The first-order chi connectivity index (χ1) is 13.0. The van der Waals surface area contributed by atoms with E-state index < -0.39 is 11.4 Å². The van der Waals surface area contributed by atoms with Crippen molar-refractivity contribution < 1.29 is 9.90 Å². The number of nitrogens with one attached hydrogen (secondary N) is 1. The van der Waals surface area contributed by atoms with Crippen LogP contribution in [0.3, 0.4) is 0 Å². The summed E-state index contributed by atoms with van der Waals surface area (Å²) in [5, 5.41) is 15.1. The highest BCUT2D eigenvalue weighted by molar-refractivity contribution is 5.92. The molecule has 3 nitrogen and oxygen atoms in total. The van der Waals surface area contributed by atoms with Crippen LogP contribution in [0.2, 0.25) is 0 Å². The van der Waals surface area contributed by atoms with Crippen molar-refractivity contribution in [1.29, 1.82) is 0 Å². The van der Waals surface area contributed by atoms with Gasteiger partial charge in [0.25, 0.3) is 0 Å². The molecule has 0 heterocycles. The Morgan fingerprint density at radius 1 is 1.04 bits per heavy atom. The molecule has 1 atom stereocenters. The van der Waals surface area contributed by atoms with Crippen molar-refractivity contribution in [2.75, 3.05) is 12.4 Å². The van der Waals surface area contributed by atoms with E-state index in [9.17, 15) is 9.90 Å². The molecule has 0 aliphatic heterocycles. The van der Waals surface area contributed by atoms with E-state index in [4.69, 9.17) is 0 Å². The lowest BCUT2D eigenvalue weighted by Gasteiger charge is -2.31. The van der Waals surface area contributed by atoms with Crippen LogP contribution in [0, 0.1) is 0 Å². The number of anilines is 1. The SMILES string of the molecule is CNc1ccc2ccccc2c1C(C)(C/C=C/c1ccccc1)CC(=O)O. The molecule has 0 amide bonds. The van der Waals surface area contributed by atoms with Gasteiger partial charge in [-0.25, -0.2) is 0 Å². The first-order valence-electron chi connectivity index (χ1n) is 9.17. The number of hydrogen-bond donors (Lipinski definition) is 2. The summed E-state index contributed by atoms with van der Waals surface area (Å²) in [7, 11) is 1.88. The smallest absolute Gasteiger partial charge is 0.304 e. The van der Waals surface area contributed by atoms with Gasteiger partial charge < -0.3 is 10.4 Å². The molecule has 0 aliphatic carbocycles. The van der Waals surface area contributed by atoms with E-state index in [1.807, 2.05) is 62.5 Å². The van der Waals surface area contributed by atoms with Gasteiger partial charge in [-0.1, -0.05) is 79.7 Å². The van der Waals surface area contributed by atoms with Crippen LogP contribution < -0.4 is 5.32 Å². The third-order valence-corrected chi connectivity index (χ3v) is 5.02. The van der Waals surface area contributed by atoms with Crippen molar-refractivity contribution in [3.05, 3.63) is 83.9 Å². The van der Waals surface area contributed by atoms with Crippen molar-refractivity contribution in [3.8, 4) is 0 Å². The molecule has 0 aliphatic rings. The van der Waals surface area contributed by atoms with Gasteiger partial charge in [0, 0.05) is 18.2 Å². The topological polar surface area (TPSA) is 49.3 Å². The van der Waals surface area contributed by atoms with Crippen molar-refractivity contribution in [2.24, 2.45) is 0 Å². The lowest BCUT2D eigenvalue weighted by molar-refractivity contribution is -0.138. The minimum absolute atomic E-state index is 0.0643. The summed E-state index contributed by atoms with van der Waals surface area (Å²) in [5.41, 5.74) is 2.62. The molecule has 0 radical (unpaired) electrons. The maximum Gasteiger partial charge on any atom is 0.304 e. The van der Waals surface area contributed by atoms with Crippen LogP contribution >= 0.6 is 0 Å². The Morgan fingerprint density at radius 2 is 1.74 bits per heavy atom. The number of carboxylic acid groups (broad SMARTS) is 1. The van der Waals surface area contributed by atoms with Crippen LogP contribution in [-0.4, -0.2) is 18.1 Å². The minimum Gasteiger partial charge on any atom is -0.481 e. The van der Waals surface area contributed by atoms with E-state index in [0.29, 0.717) is 6.42 Å². The second-order valence-corrected chi connectivity index (χ2v) is 7.11. The van der Waals surface area contributed by atoms with Crippen molar-refractivity contribution in [2.45, 2.75) is 25.2 Å². The Morgan fingerprint density at radius 3 is 2.44 bits per heavy atom. The molecule has 2 N–H and O–H groups in total. The van der Waals surface area contributed by atoms with E-state index in [1.165, 1.54) is 0 Å². The monoisotopic (exact) mass is 359 g/mol. The van der Waals surface area contributed by atoms with Crippen LogP contribution in [0.1, 0.15) is 30.9 Å². The highest BCUT2D eigenvalue weighted by atomic mass is 16.4. The van der Waals surface area contributed by atoms with E-state index in [-0.39, 0.29) is 6.42 Å². The predicted molar refractivity (Wildman–Crippen MR) is 113 cm³/mol. The fraction of sp³-hybridized carbons (Fsp3) is 0.208. The number of allylic oxidation sites excluding steroid dienone is 1. The highest BCUT2D eigenvalue weighted by Gasteiger charge is 2.32. The first kappa shape index (κ1) is 18.7. The van der Waals surface area contributed by atoms with Crippen molar-refractivity contribution >= 4 is 28.5 Å². The number of carboxylic acids is 1. The third kappa shape index (κ3) is 4.20. The zero-order chi connectivity index (χ0) is 19.3. The number of rotatable bonds is 7. The zero-order valence-corrected chi connectivity index (χ0v) is 15.8. The maximum atomic E-state index is 11.7. The molecule has 0 fully saturated rings. The van der Waals surface area contributed by atoms with Gasteiger partial charge in [-0.2, -0.15) is 0 Å². The van der Waals surface area contributed by atoms with Gasteiger partial charge in [-0.15, -0.1) is 0 Å². The Hall–Kier alpha value is -3.07. The van der Waals surface area contributed by atoms with Gasteiger partial charge in [0.2, 0.25) is 0 Å². The molecular weight excluding hydrogens is 334 g/mol. The van der Waals surface area contributed by atoms with Crippen LogP contribution in [0.15, 0.2) is 72.8 Å². The predicted octanol–water partition coefficient (Wildman–Crippen LogP) is 5.72. The molecule has 3 rings (SSSR count). The third-order valence-electron chi connectivity index (χ3n) is 5.02. The largest absolute Gasteiger partial charge is 0.481 e. The molecule has 0 saturated heterocycles. The standard InChI is InChI=1S/C24H25NO2/c1-24(17-22(26)27,16-8-11-18-9-4-3-5-10-18)23-20-13-7-6-12-19(20)14-15-21(23)25-2/h3-15,25H,16-17H2,1-2H3,(H,26,27)/b11-8+. The highest BCUT2D eigenvalue weighted by Crippen LogP contribution is 2.41. The number of hydrogen-bond acceptors (Lipinski definition) is 2. The molecule has 0 saturated carbocycles. The van der Waals surface area contributed by atoms with Gasteiger partial charge in [0.05, 0.1) is 6.42 Å². The maximum absolute atomic E-state index is 11.7. The van der Waals surface area contributed by atoms with E-state index >= 15 is 0 Å². The van der Waals surface area contributed by atoms with Gasteiger partial charge in [-0.3, -0.25) is 4.79 Å². The Kier molecular flexibility index (Phi) is 5.60. The molecule has 0 bridgehead atoms. The average molecular weight is 359 g/mol. The van der Waals surface area contributed by atoms with Crippen LogP contribution in [-0.2, 0) is 10.2 Å². The lowest BCUT2D eigenvalue weighted by atomic mass is 9.73. The van der Waals surface area contributed by atoms with Gasteiger partial charge in [0.15, 0.2) is 0 Å². The first-order valence-corrected chi connectivity index (χ1v) is 9.17. The van der Waals surface area contributed by atoms with Gasteiger partial charge in [0.1, 0.15) is 0 Å². The van der Waals surface area contributed by atoms with Crippen LogP contribution in [0.25, 0.3) is 16.8 Å². The van der Waals surface area contributed by atoms with Crippen molar-refractivity contribution in [1.82, 2.24) is 0 Å². The number of benzene rings is 3.